The number of aromatic nitrogens is 2. The number of hydrogen-bond donors (Lipinski definition) is 1. The van der Waals surface area contributed by atoms with Gasteiger partial charge in [-0.25, -0.2) is 9.31 Å². The van der Waals surface area contributed by atoms with Crippen LogP contribution in [0.2, 0.25) is 0 Å². The zero-order chi connectivity index (χ0) is 11.5. The standard InChI is InChI=1S/C12H14N2O2/c1-2-3-4-9-7-13-14-8-10(12(15)16)5-6-11(9)14/h5-8H,2-4H2,1H3,(H,15,16). The van der Waals surface area contributed by atoms with Gasteiger partial charge in [0.15, 0.2) is 0 Å². The van der Waals surface area contributed by atoms with Crippen LogP contribution < -0.4 is 0 Å². The number of aryl methyl sites for hydroxylation is 1. The smallest absolute Gasteiger partial charge is 0.337 e. The molecule has 0 spiro atoms. The van der Waals surface area contributed by atoms with Crippen LogP contribution in [0.3, 0.4) is 0 Å². The topological polar surface area (TPSA) is 54.6 Å². The van der Waals surface area contributed by atoms with Crippen LogP contribution in [0.15, 0.2) is 24.5 Å². The van der Waals surface area contributed by atoms with Gasteiger partial charge in [0.05, 0.1) is 17.3 Å². The van der Waals surface area contributed by atoms with Gasteiger partial charge in [-0.3, -0.25) is 0 Å². The van der Waals surface area contributed by atoms with Crippen LogP contribution in [-0.2, 0) is 6.42 Å². The molecule has 2 aromatic rings. The molecule has 0 aliphatic heterocycles. The van der Waals surface area contributed by atoms with Gasteiger partial charge < -0.3 is 5.11 Å². The molecule has 0 aliphatic carbocycles. The number of pyridine rings is 1. The van der Waals surface area contributed by atoms with Gasteiger partial charge in [0.25, 0.3) is 0 Å². The van der Waals surface area contributed by atoms with Crippen molar-refractivity contribution in [3.8, 4) is 0 Å². The zero-order valence-electron chi connectivity index (χ0n) is 9.18. The van der Waals surface area contributed by atoms with Crippen molar-refractivity contribution < 1.29 is 9.90 Å². The summed E-state index contributed by atoms with van der Waals surface area (Å²) in [6.07, 6.45) is 6.63. The quantitative estimate of drug-likeness (QED) is 0.857. The number of hydrogen-bond acceptors (Lipinski definition) is 2. The maximum absolute atomic E-state index is 10.8. The van der Waals surface area contributed by atoms with Gasteiger partial charge in [-0.05, 0) is 30.5 Å². The van der Waals surface area contributed by atoms with Gasteiger partial charge in [-0.1, -0.05) is 13.3 Å². The lowest BCUT2D eigenvalue weighted by atomic mass is 10.1. The second-order valence-electron chi connectivity index (χ2n) is 3.83. The van der Waals surface area contributed by atoms with E-state index in [0.29, 0.717) is 0 Å². The highest BCUT2D eigenvalue weighted by Crippen LogP contribution is 2.14. The molecule has 16 heavy (non-hydrogen) atoms. The summed E-state index contributed by atoms with van der Waals surface area (Å²) in [6.45, 7) is 2.15. The molecule has 4 nitrogen and oxygen atoms in total. The molecule has 0 unspecified atom stereocenters. The van der Waals surface area contributed by atoms with Gasteiger partial charge in [0.2, 0.25) is 0 Å². The summed E-state index contributed by atoms with van der Waals surface area (Å²) in [4.78, 5) is 10.8. The predicted molar refractivity (Wildman–Crippen MR) is 60.8 cm³/mol. The molecule has 2 heterocycles. The summed E-state index contributed by atoms with van der Waals surface area (Å²) in [7, 11) is 0. The van der Waals surface area contributed by atoms with E-state index in [9.17, 15) is 4.79 Å². The van der Waals surface area contributed by atoms with E-state index >= 15 is 0 Å². The molecule has 0 atom stereocenters. The van der Waals surface area contributed by atoms with Crippen LogP contribution in [0.4, 0.5) is 0 Å². The highest BCUT2D eigenvalue weighted by Gasteiger charge is 2.07. The Kier molecular flexibility index (Phi) is 2.90. The molecular formula is C12H14N2O2. The van der Waals surface area contributed by atoms with Crippen LogP contribution in [-0.4, -0.2) is 20.7 Å². The first-order valence-corrected chi connectivity index (χ1v) is 5.42. The highest BCUT2D eigenvalue weighted by atomic mass is 16.4. The molecule has 0 saturated heterocycles. The van der Waals surface area contributed by atoms with E-state index in [1.54, 1.807) is 16.8 Å². The first kappa shape index (κ1) is 10.7. The number of aromatic carboxylic acids is 1. The maximum atomic E-state index is 10.8. The van der Waals surface area contributed by atoms with Crippen molar-refractivity contribution in [1.29, 1.82) is 0 Å². The number of rotatable bonds is 4. The van der Waals surface area contributed by atoms with E-state index in [1.807, 2.05) is 12.3 Å². The number of fused-ring (bicyclic) bond motifs is 1. The van der Waals surface area contributed by atoms with Crippen molar-refractivity contribution in [2.75, 3.05) is 0 Å². The Bertz CT molecular complexity index is 517. The van der Waals surface area contributed by atoms with Crippen molar-refractivity contribution in [3.05, 3.63) is 35.7 Å². The van der Waals surface area contributed by atoms with Crippen LogP contribution in [0.25, 0.3) is 5.52 Å². The molecule has 0 amide bonds. The molecule has 1 N–H and O–H groups in total. The molecule has 0 saturated carbocycles. The Morgan fingerprint density at radius 2 is 2.31 bits per heavy atom. The number of carboxylic acid groups (broad SMARTS) is 1. The van der Waals surface area contributed by atoms with Crippen molar-refractivity contribution in [2.24, 2.45) is 0 Å². The highest BCUT2D eigenvalue weighted by molar-refractivity contribution is 5.87. The first-order chi connectivity index (χ1) is 7.72. The van der Waals surface area contributed by atoms with Gasteiger partial charge in [-0.15, -0.1) is 0 Å². The third-order valence-corrected chi connectivity index (χ3v) is 2.64. The Hall–Kier alpha value is -1.84. The number of unbranched alkanes of at least 4 members (excludes halogenated alkanes) is 1. The summed E-state index contributed by atoms with van der Waals surface area (Å²) in [5.41, 5.74) is 2.44. The van der Waals surface area contributed by atoms with E-state index in [2.05, 4.69) is 12.0 Å². The Labute approximate surface area is 93.5 Å². The molecule has 0 aliphatic rings. The molecule has 0 aromatic carbocycles. The second kappa shape index (κ2) is 4.35. The monoisotopic (exact) mass is 218 g/mol. The van der Waals surface area contributed by atoms with Crippen LogP contribution in [0.5, 0.6) is 0 Å². The third-order valence-electron chi connectivity index (χ3n) is 2.64. The zero-order valence-corrected chi connectivity index (χ0v) is 9.18. The Morgan fingerprint density at radius 1 is 1.50 bits per heavy atom. The third kappa shape index (κ3) is 1.91. The van der Waals surface area contributed by atoms with Crippen molar-refractivity contribution >= 4 is 11.5 Å². The molecule has 0 radical (unpaired) electrons. The summed E-state index contributed by atoms with van der Waals surface area (Å²) < 4.78 is 1.63. The van der Waals surface area contributed by atoms with Crippen molar-refractivity contribution in [1.82, 2.24) is 9.61 Å². The van der Waals surface area contributed by atoms with Crippen molar-refractivity contribution in [3.63, 3.8) is 0 Å². The predicted octanol–water partition coefficient (Wildman–Crippen LogP) is 2.38. The molecule has 0 bridgehead atoms. The van der Waals surface area contributed by atoms with E-state index < -0.39 is 5.97 Å². The summed E-state index contributed by atoms with van der Waals surface area (Å²) in [5.74, 6) is -0.924. The Morgan fingerprint density at radius 3 is 3.00 bits per heavy atom. The average Bonchev–Trinajstić information content (AvgIpc) is 2.68. The van der Waals surface area contributed by atoms with Gasteiger partial charge in [-0.2, -0.15) is 5.10 Å². The SMILES string of the molecule is CCCCc1cnn2cc(C(=O)O)ccc12. The molecule has 84 valence electrons. The summed E-state index contributed by atoms with van der Waals surface area (Å²) in [6, 6.07) is 3.44. The Balaban J connectivity index is 2.38. The number of carbonyl (C=O) groups is 1. The fourth-order valence-electron chi connectivity index (χ4n) is 1.72. The fraction of sp³-hybridized carbons (Fsp3) is 0.333. The van der Waals surface area contributed by atoms with E-state index in [-0.39, 0.29) is 5.56 Å². The van der Waals surface area contributed by atoms with Crippen LogP contribution in [0, 0.1) is 0 Å². The molecule has 4 heteroatoms. The van der Waals surface area contributed by atoms with E-state index in [0.717, 1.165) is 24.8 Å². The lowest BCUT2D eigenvalue weighted by Gasteiger charge is -1.99. The second-order valence-corrected chi connectivity index (χ2v) is 3.83. The van der Waals surface area contributed by atoms with Crippen molar-refractivity contribution in [2.45, 2.75) is 26.2 Å². The van der Waals surface area contributed by atoms with E-state index in [1.165, 1.54) is 5.56 Å². The van der Waals surface area contributed by atoms with Gasteiger partial charge in [0.1, 0.15) is 0 Å². The summed E-state index contributed by atoms with van der Waals surface area (Å²) >= 11 is 0. The first-order valence-electron chi connectivity index (χ1n) is 5.42. The number of nitrogens with zero attached hydrogens (tertiary/aromatic N) is 2. The minimum absolute atomic E-state index is 0.262. The normalized spacial score (nSPS) is 10.8. The molecule has 0 fully saturated rings. The minimum atomic E-state index is -0.924. The lowest BCUT2D eigenvalue weighted by Crippen LogP contribution is -1.99. The van der Waals surface area contributed by atoms with Gasteiger partial charge in [0, 0.05) is 6.20 Å². The minimum Gasteiger partial charge on any atom is -0.478 e. The average molecular weight is 218 g/mol. The molecular weight excluding hydrogens is 204 g/mol. The van der Waals surface area contributed by atoms with E-state index in [4.69, 9.17) is 5.11 Å². The fourth-order valence-corrected chi connectivity index (χ4v) is 1.72. The van der Waals surface area contributed by atoms with Gasteiger partial charge >= 0.3 is 5.97 Å². The van der Waals surface area contributed by atoms with Crippen LogP contribution >= 0.6 is 0 Å². The number of carboxylic acids is 1. The largest absolute Gasteiger partial charge is 0.478 e. The van der Waals surface area contributed by atoms with Crippen LogP contribution in [0.1, 0.15) is 35.7 Å². The summed E-state index contributed by atoms with van der Waals surface area (Å²) in [5, 5.41) is 13.0. The molecule has 2 aromatic heterocycles. The lowest BCUT2D eigenvalue weighted by molar-refractivity contribution is 0.0696. The maximum Gasteiger partial charge on any atom is 0.337 e. The molecule has 2 rings (SSSR count).